The molecule has 0 radical (unpaired) electrons. The van der Waals surface area contributed by atoms with Crippen molar-refractivity contribution in [2.75, 3.05) is 20.4 Å². The van der Waals surface area contributed by atoms with Crippen molar-refractivity contribution in [2.24, 2.45) is 0 Å². The number of hydrogen-bond acceptors (Lipinski definition) is 4. The fourth-order valence-corrected chi connectivity index (χ4v) is 2.99. The van der Waals surface area contributed by atoms with Crippen LogP contribution in [-0.4, -0.2) is 37.2 Å². The van der Waals surface area contributed by atoms with Crippen LogP contribution >= 0.6 is 11.8 Å². The minimum atomic E-state index is -0.430. The van der Waals surface area contributed by atoms with Gasteiger partial charge >= 0.3 is 5.97 Å². The summed E-state index contributed by atoms with van der Waals surface area (Å²) < 4.78 is 4.87. The van der Waals surface area contributed by atoms with Gasteiger partial charge in [0.05, 0.1) is 7.11 Å². The van der Waals surface area contributed by atoms with E-state index in [2.05, 4.69) is 11.6 Å². The summed E-state index contributed by atoms with van der Waals surface area (Å²) in [6.45, 7) is 0. The highest BCUT2D eigenvalue weighted by Crippen LogP contribution is 2.34. The van der Waals surface area contributed by atoms with Crippen LogP contribution < -0.4 is 5.32 Å². The number of thioether (sulfide) groups is 1. The van der Waals surface area contributed by atoms with E-state index in [9.17, 15) is 4.79 Å². The van der Waals surface area contributed by atoms with Gasteiger partial charge in [-0.05, 0) is 39.0 Å². The molecule has 0 bridgehead atoms. The number of methoxy groups -OCH3 is 1. The van der Waals surface area contributed by atoms with Crippen molar-refractivity contribution in [3.63, 3.8) is 0 Å². The van der Waals surface area contributed by atoms with Crippen LogP contribution in [0.15, 0.2) is 0 Å². The lowest BCUT2D eigenvalue weighted by atomic mass is 9.81. The lowest BCUT2D eigenvalue weighted by molar-refractivity contribution is -0.149. The van der Waals surface area contributed by atoms with Gasteiger partial charge in [0.15, 0.2) is 0 Å². The molecule has 0 aliphatic heterocycles. The molecule has 1 rings (SSSR count). The first-order chi connectivity index (χ1) is 6.68. The minimum Gasteiger partial charge on any atom is -0.468 e. The van der Waals surface area contributed by atoms with Gasteiger partial charge in [-0.3, -0.25) is 4.79 Å². The number of ether oxygens (including phenoxy) is 1. The third-order valence-electron chi connectivity index (χ3n) is 3.09. The van der Waals surface area contributed by atoms with Gasteiger partial charge in [-0.2, -0.15) is 11.8 Å². The van der Waals surface area contributed by atoms with Crippen molar-refractivity contribution in [3.05, 3.63) is 0 Å². The Labute approximate surface area is 90.0 Å². The molecule has 0 aromatic rings. The van der Waals surface area contributed by atoms with E-state index in [1.807, 2.05) is 18.8 Å². The average molecular weight is 217 g/mol. The third-order valence-corrected chi connectivity index (χ3v) is 4.16. The lowest BCUT2D eigenvalue weighted by Crippen LogP contribution is -2.54. The number of esters is 1. The van der Waals surface area contributed by atoms with E-state index in [1.54, 1.807) is 0 Å². The summed E-state index contributed by atoms with van der Waals surface area (Å²) in [6, 6.07) is 0. The normalized spacial score (nSPS) is 32.6. The Balaban J connectivity index is 2.72. The Morgan fingerprint density at radius 1 is 1.64 bits per heavy atom. The smallest absolute Gasteiger partial charge is 0.326 e. The molecule has 0 heterocycles. The topological polar surface area (TPSA) is 38.3 Å². The molecule has 0 amide bonds. The number of carbonyl (C=O) groups is 1. The molecule has 0 saturated heterocycles. The first-order valence-electron chi connectivity index (χ1n) is 4.98. The van der Waals surface area contributed by atoms with Crippen LogP contribution in [0, 0.1) is 0 Å². The van der Waals surface area contributed by atoms with Crippen LogP contribution in [0.3, 0.4) is 0 Å². The maximum atomic E-state index is 11.7. The Morgan fingerprint density at radius 2 is 2.36 bits per heavy atom. The molecule has 3 nitrogen and oxygen atoms in total. The van der Waals surface area contributed by atoms with E-state index >= 15 is 0 Å². The first-order valence-corrected chi connectivity index (χ1v) is 6.27. The molecule has 2 atom stereocenters. The van der Waals surface area contributed by atoms with Crippen LogP contribution in [0.5, 0.6) is 0 Å². The Bertz CT molecular complexity index is 210. The van der Waals surface area contributed by atoms with E-state index in [4.69, 9.17) is 4.74 Å². The second kappa shape index (κ2) is 5.03. The Hall–Kier alpha value is -0.220. The molecule has 1 aliphatic carbocycles. The minimum absolute atomic E-state index is 0.112. The zero-order valence-corrected chi connectivity index (χ0v) is 9.95. The largest absolute Gasteiger partial charge is 0.468 e. The highest BCUT2D eigenvalue weighted by atomic mass is 32.2. The molecule has 0 spiro atoms. The predicted molar refractivity (Wildman–Crippen MR) is 59.6 cm³/mol. The molecule has 4 heteroatoms. The van der Waals surface area contributed by atoms with Gasteiger partial charge in [0.1, 0.15) is 5.54 Å². The monoisotopic (exact) mass is 217 g/mol. The number of likely N-dealkylation sites (N-methyl/N-ethyl adjacent to an activating group) is 1. The van der Waals surface area contributed by atoms with Crippen molar-refractivity contribution < 1.29 is 9.53 Å². The van der Waals surface area contributed by atoms with Gasteiger partial charge in [-0.1, -0.05) is 0 Å². The second-order valence-electron chi connectivity index (χ2n) is 3.78. The van der Waals surface area contributed by atoms with Gasteiger partial charge in [-0.15, -0.1) is 0 Å². The van der Waals surface area contributed by atoms with Crippen molar-refractivity contribution in [1.29, 1.82) is 0 Å². The SMILES string of the molecule is CNC1(C(=O)OC)CCCC(SC)C1. The fraction of sp³-hybridized carbons (Fsp3) is 0.900. The summed E-state index contributed by atoms with van der Waals surface area (Å²) in [7, 11) is 3.31. The highest BCUT2D eigenvalue weighted by Gasteiger charge is 2.42. The maximum Gasteiger partial charge on any atom is 0.326 e. The van der Waals surface area contributed by atoms with Gasteiger partial charge in [0.2, 0.25) is 0 Å². The maximum absolute atomic E-state index is 11.7. The molecule has 1 aliphatic rings. The quantitative estimate of drug-likeness (QED) is 0.726. The van der Waals surface area contributed by atoms with E-state index in [1.165, 1.54) is 13.5 Å². The number of nitrogens with one attached hydrogen (secondary N) is 1. The molecule has 1 N–H and O–H groups in total. The molecule has 2 unspecified atom stereocenters. The zero-order valence-electron chi connectivity index (χ0n) is 9.13. The number of hydrogen-bond donors (Lipinski definition) is 1. The lowest BCUT2D eigenvalue weighted by Gasteiger charge is -2.37. The molecule has 1 fully saturated rings. The zero-order chi connectivity index (χ0) is 10.6. The third kappa shape index (κ3) is 2.23. The predicted octanol–water partition coefficient (Wildman–Crippen LogP) is 1.42. The Kier molecular flexibility index (Phi) is 4.26. The van der Waals surface area contributed by atoms with Gasteiger partial charge in [-0.25, -0.2) is 0 Å². The van der Waals surface area contributed by atoms with Crippen LogP contribution in [0.4, 0.5) is 0 Å². The molecule has 1 saturated carbocycles. The van der Waals surface area contributed by atoms with Crippen LogP contribution in [0.25, 0.3) is 0 Å². The Morgan fingerprint density at radius 3 is 2.86 bits per heavy atom. The fourth-order valence-electron chi connectivity index (χ4n) is 2.14. The van der Waals surface area contributed by atoms with Crippen LogP contribution in [0.1, 0.15) is 25.7 Å². The molecular weight excluding hydrogens is 198 g/mol. The summed E-state index contributed by atoms with van der Waals surface area (Å²) in [5.41, 5.74) is -0.430. The van der Waals surface area contributed by atoms with Crippen LogP contribution in [-0.2, 0) is 9.53 Å². The van der Waals surface area contributed by atoms with E-state index < -0.39 is 5.54 Å². The second-order valence-corrected chi connectivity index (χ2v) is 4.92. The van der Waals surface area contributed by atoms with E-state index in [0.29, 0.717) is 5.25 Å². The van der Waals surface area contributed by atoms with Crippen molar-refractivity contribution >= 4 is 17.7 Å². The average Bonchev–Trinajstić information content (AvgIpc) is 2.27. The summed E-state index contributed by atoms with van der Waals surface area (Å²) >= 11 is 1.84. The molecule has 0 aromatic heterocycles. The van der Waals surface area contributed by atoms with Gasteiger partial charge in [0, 0.05) is 5.25 Å². The molecule has 0 aromatic carbocycles. The number of carbonyl (C=O) groups excluding carboxylic acids is 1. The number of rotatable bonds is 3. The van der Waals surface area contributed by atoms with Gasteiger partial charge < -0.3 is 10.1 Å². The van der Waals surface area contributed by atoms with E-state index in [-0.39, 0.29) is 5.97 Å². The summed E-state index contributed by atoms with van der Waals surface area (Å²) in [6.07, 6.45) is 6.20. The van der Waals surface area contributed by atoms with Crippen molar-refractivity contribution in [3.8, 4) is 0 Å². The van der Waals surface area contributed by atoms with Crippen molar-refractivity contribution in [2.45, 2.75) is 36.5 Å². The van der Waals surface area contributed by atoms with Gasteiger partial charge in [0.25, 0.3) is 0 Å². The molecule has 14 heavy (non-hydrogen) atoms. The highest BCUT2D eigenvalue weighted by molar-refractivity contribution is 7.99. The molecule has 82 valence electrons. The molecular formula is C10H19NO2S. The summed E-state index contributed by atoms with van der Waals surface area (Å²) in [5, 5.41) is 3.72. The standard InChI is InChI=1S/C10H19NO2S/c1-11-10(9(12)13-2)6-4-5-8(7-10)14-3/h8,11H,4-7H2,1-3H3. The summed E-state index contributed by atoms with van der Waals surface area (Å²) in [4.78, 5) is 11.7. The van der Waals surface area contributed by atoms with E-state index in [0.717, 1.165) is 19.3 Å². The summed E-state index contributed by atoms with van der Waals surface area (Å²) in [5.74, 6) is -0.112. The van der Waals surface area contributed by atoms with Crippen molar-refractivity contribution in [1.82, 2.24) is 5.32 Å². The first kappa shape index (κ1) is 11.9. The van der Waals surface area contributed by atoms with Crippen LogP contribution in [0.2, 0.25) is 0 Å².